The Bertz CT molecular complexity index is 683. The van der Waals surface area contributed by atoms with E-state index in [0.29, 0.717) is 11.3 Å². The van der Waals surface area contributed by atoms with Gasteiger partial charge in [-0.25, -0.2) is 0 Å². The molecule has 0 radical (unpaired) electrons. The van der Waals surface area contributed by atoms with Crippen LogP contribution in [-0.2, 0) is 0 Å². The summed E-state index contributed by atoms with van der Waals surface area (Å²) < 4.78 is 10.6. The molecule has 0 fully saturated rings. The summed E-state index contributed by atoms with van der Waals surface area (Å²) in [4.78, 5) is 16.3. The number of carbonyl (C=O) groups is 1. The zero-order valence-electron chi connectivity index (χ0n) is 12.8. The van der Waals surface area contributed by atoms with Crippen molar-refractivity contribution in [1.82, 2.24) is 0 Å². The van der Waals surface area contributed by atoms with Gasteiger partial charge in [-0.05, 0) is 56.2 Å². The third kappa shape index (κ3) is 3.60. The van der Waals surface area contributed by atoms with E-state index in [1.54, 1.807) is 19.4 Å². The molecule has 0 aliphatic carbocycles. The van der Waals surface area contributed by atoms with Crippen LogP contribution in [0.15, 0.2) is 33.7 Å². The van der Waals surface area contributed by atoms with Gasteiger partial charge in [0.1, 0.15) is 23.8 Å². The number of benzene rings is 1. The van der Waals surface area contributed by atoms with Gasteiger partial charge in [0, 0.05) is 5.56 Å². The molecule has 0 N–H and O–H groups in total. The quantitative estimate of drug-likeness (QED) is 0.624. The number of Topliss-reactive ketones (excluding diaryl/α,β-unsaturated/α-hetero) is 1. The normalized spacial score (nSPS) is 11.0. The largest absolute Gasteiger partial charge is 0.496 e. The number of rotatable bonds is 5. The minimum absolute atomic E-state index is 0.0454. The van der Waals surface area contributed by atoms with Crippen molar-refractivity contribution in [1.29, 1.82) is 0 Å². The summed E-state index contributed by atoms with van der Waals surface area (Å²) in [6.45, 7) is 5.89. The maximum absolute atomic E-state index is 12.2. The van der Waals surface area contributed by atoms with Crippen molar-refractivity contribution in [3.05, 3.63) is 52.5 Å². The van der Waals surface area contributed by atoms with Crippen molar-refractivity contribution in [3.8, 4) is 5.75 Å². The number of aliphatic imine (C=N–C) groups is 1. The Morgan fingerprint density at radius 3 is 2.67 bits per heavy atom. The fourth-order valence-electron chi connectivity index (χ4n) is 2.03. The Balaban J connectivity index is 2.10. The van der Waals surface area contributed by atoms with Gasteiger partial charge in [-0.3, -0.25) is 9.79 Å². The molecule has 4 heteroatoms. The fourth-order valence-corrected chi connectivity index (χ4v) is 2.03. The second kappa shape index (κ2) is 6.39. The van der Waals surface area contributed by atoms with Crippen LogP contribution in [0, 0.1) is 20.8 Å². The van der Waals surface area contributed by atoms with Crippen molar-refractivity contribution in [2.75, 3.05) is 13.7 Å². The van der Waals surface area contributed by atoms with Gasteiger partial charge in [0.25, 0.3) is 0 Å². The smallest absolute Gasteiger partial charge is 0.184 e. The van der Waals surface area contributed by atoms with E-state index in [9.17, 15) is 4.79 Å². The minimum atomic E-state index is -0.0454. The molecular formula is C17H19NO3. The van der Waals surface area contributed by atoms with E-state index >= 15 is 0 Å². The molecule has 0 bridgehead atoms. The Morgan fingerprint density at radius 1 is 1.29 bits per heavy atom. The van der Waals surface area contributed by atoms with Crippen LogP contribution >= 0.6 is 0 Å². The maximum Gasteiger partial charge on any atom is 0.184 e. The summed E-state index contributed by atoms with van der Waals surface area (Å²) in [7, 11) is 1.60. The third-order valence-corrected chi connectivity index (χ3v) is 3.38. The first-order valence-corrected chi connectivity index (χ1v) is 6.76. The van der Waals surface area contributed by atoms with Crippen molar-refractivity contribution in [3.63, 3.8) is 0 Å². The van der Waals surface area contributed by atoms with Gasteiger partial charge in [-0.1, -0.05) is 0 Å². The molecule has 0 spiro atoms. The molecule has 0 amide bonds. The zero-order chi connectivity index (χ0) is 15.4. The second-order valence-electron chi connectivity index (χ2n) is 4.96. The Labute approximate surface area is 124 Å². The fraction of sp³-hybridized carbons (Fsp3) is 0.294. The lowest BCUT2D eigenvalue weighted by Crippen LogP contribution is -2.05. The van der Waals surface area contributed by atoms with Gasteiger partial charge in [0.15, 0.2) is 5.78 Å². The van der Waals surface area contributed by atoms with E-state index in [-0.39, 0.29) is 12.3 Å². The Kier molecular flexibility index (Phi) is 4.58. The molecule has 1 heterocycles. The number of hydrogen-bond acceptors (Lipinski definition) is 4. The van der Waals surface area contributed by atoms with E-state index in [1.165, 1.54) is 0 Å². The predicted molar refractivity (Wildman–Crippen MR) is 82.7 cm³/mol. The number of aryl methyl sites for hydroxylation is 2. The number of methoxy groups -OCH3 is 1. The minimum Gasteiger partial charge on any atom is -0.496 e. The highest BCUT2D eigenvalue weighted by Gasteiger charge is 2.10. The third-order valence-electron chi connectivity index (χ3n) is 3.38. The molecule has 0 saturated carbocycles. The van der Waals surface area contributed by atoms with Gasteiger partial charge in [0.05, 0.1) is 13.3 Å². The molecule has 110 valence electrons. The highest BCUT2D eigenvalue weighted by atomic mass is 16.5. The molecule has 1 aromatic carbocycles. The van der Waals surface area contributed by atoms with Crippen molar-refractivity contribution < 1.29 is 13.9 Å². The number of ketones is 1. The first-order valence-electron chi connectivity index (χ1n) is 6.76. The van der Waals surface area contributed by atoms with Gasteiger partial charge in [-0.2, -0.15) is 0 Å². The monoisotopic (exact) mass is 285 g/mol. The molecule has 1 aromatic heterocycles. The lowest BCUT2D eigenvalue weighted by Gasteiger charge is -2.09. The topological polar surface area (TPSA) is 51.8 Å². The lowest BCUT2D eigenvalue weighted by atomic mass is 10.0. The number of hydrogen-bond donors (Lipinski definition) is 0. The standard InChI is InChI=1S/C17H19NO3/c1-11-7-14(8-17(20-4)13(11)3)16(19)10-18-9-15-6-5-12(2)21-15/h5-9H,10H2,1-4H3. The van der Waals surface area contributed by atoms with Crippen molar-refractivity contribution in [2.24, 2.45) is 4.99 Å². The molecule has 2 aromatic rings. The summed E-state index contributed by atoms with van der Waals surface area (Å²) in [6.07, 6.45) is 1.57. The van der Waals surface area contributed by atoms with Gasteiger partial charge in [0.2, 0.25) is 0 Å². The molecule has 4 nitrogen and oxygen atoms in total. The number of ether oxygens (including phenoxy) is 1. The molecule has 0 aliphatic rings. The van der Waals surface area contributed by atoms with Crippen LogP contribution in [0.25, 0.3) is 0 Å². The van der Waals surface area contributed by atoms with Crippen LogP contribution in [0.3, 0.4) is 0 Å². The SMILES string of the molecule is COc1cc(C(=O)CN=Cc2ccc(C)o2)cc(C)c1C. The summed E-state index contributed by atoms with van der Waals surface area (Å²) in [6, 6.07) is 7.31. The van der Waals surface area contributed by atoms with Crippen LogP contribution < -0.4 is 4.74 Å². The van der Waals surface area contributed by atoms with Gasteiger partial charge < -0.3 is 9.15 Å². The van der Waals surface area contributed by atoms with Crippen LogP contribution in [-0.4, -0.2) is 25.7 Å². The average molecular weight is 285 g/mol. The number of carbonyl (C=O) groups excluding carboxylic acids is 1. The first kappa shape index (κ1) is 15.0. The molecule has 21 heavy (non-hydrogen) atoms. The zero-order valence-corrected chi connectivity index (χ0v) is 12.8. The van der Waals surface area contributed by atoms with E-state index in [0.717, 1.165) is 22.6 Å². The van der Waals surface area contributed by atoms with Gasteiger partial charge in [-0.15, -0.1) is 0 Å². The van der Waals surface area contributed by atoms with Crippen molar-refractivity contribution >= 4 is 12.0 Å². The number of furan rings is 1. The van der Waals surface area contributed by atoms with Crippen LogP contribution in [0.4, 0.5) is 0 Å². The molecule has 2 rings (SSSR count). The Hall–Kier alpha value is -2.36. The van der Waals surface area contributed by atoms with Crippen LogP contribution in [0.1, 0.15) is 33.0 Å². The summed E-state index contributed by atoms with van der Waals surface area (Å²) in [5.74, 6) is 2.15. The molecule has 0 aliphatic heterocycles. The van der Waals surface area contributed by atoms with E-state index in [2.05, 4.69) is 4.99 Å². The average Bonchev–Trinajstić information content (AvgIpc) is 2.87. The summed E-state index contributed by atoms with van der Waals surface area (Å²) in [5, 5.41) is 0. The maximum atomic E-state index is 12.2. The first-order chi connectivity index (χ1) is 10.0. The number of nitrogens with zero attached hydrogens (tertiary/aromatic N) is 1. The molecule has 0 saturated heterocycles. The highest BCUT2D eigenvalue weighted by Crippen LogP contribution is 2.23. The van der Waals surface area contributed by atoms with Crippen LogP contribution in [0.5, 0.6) is 5.75 Å². The van der Waals surface area contributed by atoms with E-state index in [4.69, 9.17) is 9.15 Å². The predicted octanol–water partition coefficient (Wildman–Crippen LogP) is 3.52. The molecular weight excluding hydrogens is 266 g/mol. The van der Waals surface area contributed by atoms with Gasteiger partial charge >= 0.3 is 0 Å². The van der Waals surface area contributed by atoms with E-state index in [1.807, 2.05) is 39.0 Å². The summed E-state index contributed by atoms with van der Waals surface area (Å²) in [5.41, 5.74) is 2.69. The second-order valence-corrected chi connectivity index (χ2v) is 4.96. The van der Waals surface area contributed by atoms with Crippen LogP contribution in [0.2, 0.25) is 0 Å². The van der Waals surface area contributed by atoms with Crippen molar-refractivity contribution in [2.45, 2.75) is 20.8 Å². The lowest BCUT2D eigenvalue weighted by molar-refractivity contribution is 0.100. The molecule has 0 unspecified atom stereocenters. The molecule has 0 atom stereocenters. The highest BCUT2D eigenvalue weighted by molar-refractivity contribution is 5.99. The summed E-state index contributed by atoms with van der Waals surface area (Å²) >= 11 is 0. The van der Waals surface area contributed by atoms with E-state index < -0.39 is 0 Å². The Morgan fingerprint density at radius 2 is 2.05 bits per heavy atom.